The Hall–Kier alpha value is -0.570. The van der Waals surface area contributed by atoms with Gasteiger partial charge in [0.1, 0.15) is 0 Å². The molecule has 3 nitrogen and oxygen atoms in total. The van der Waals surface area contributed by atoms with Crippen molar-refractivity contribution in [1.29, 1.82) is 0 Å². The molecule has 0 aliphatic carbocycles. The normalized spacial score (nSPS) is 26.9. The third kappa shape index (κ3) is 2.27. The summed E-state index contributed by atoms with van der Waals surface area (Å²) in [4.78, 5) is 14.0. The number of rotatable bonds is 3. The first kappa shape index (κ1) is 11.5. The molecular formula is C11H22N2O. The van der Waals surface area contributed by atoms with Gasteiger partial charge in [0, 0.05) is 12.6 Å². The monoisotopic (exact) mass is 198 g/mol. The van der Waals surface area contributed by atoms with Crippen molar-refractivity contribution < 1.29 is 4.79 Å². The molecular weight excluding hydrogens is 176 g/mol. The van der Waals surface area contributed by atoms with Gasteiger partial charge in [0.05, 0.1) is 6.04 Å². The van der Waals surface area contributed by atoms with Crippen LogP contribution in [0, 0.1) is 5.92 Å². The highest BCUT2D eigenvalue weighted by Gasteiger charge is 2.32. The minimum absolute atomic E-state index is 0.0531. The third-order valence-corrected chi connectivity index (χ3v) is 3.05. The number of carbonyl (C=O) groups is 1. The zero-order chi connectivity index (χ0) is 10.7. The smallest absolute Gasteiger partial charge is 0.240 e. The lowest BCUT2D eigenvalue weighted by Crippen LogP contribution is -2.48. The van der Waals surface area contributed by atoms with Crippen molar-refractivity contribution in [2.45, 2.75) is 46.2 Å². The van der Waals surface area contributed by atoms with Crippen LogP contribution in [0.4, 0.5) is 0 Å². The van der Waals surface area contributed by atoms with Crippen LogP contribution in [0.15, 0.2) is 0 Å². The average molecular weight is 198 g/mol. The molecule has 3 heteroatoms. The summed E-state index contributed by atoms with van der Waals surface area (Å²) < 4.78 is 0. The lowest BCUT2D eigenvalue weighted by atomic mass is 10.0. The van der Waals surface area contributed by atoms with Crippen molar-refractivity contribution in [3.63, 3.8) is 0 Å². The van der Waals surface area contributed by atoms with Crippen molar-refractivity contribution in [1.82, 2.24) is 10.2 Å². The molecule has 0 aromatic carbocycles. The van der Waals surface area contributed by atoms with Crippen molar-refractivity contribution in [3.05, 3.63) is 0 Å². The van der Waals surface area contributed by atoms with E-state index in [0.29, 0.717) is 12.0 Å². The van der Waals surface area contributed by atoms with Crippen molar-refractivity contribution in [2.24, 2.45) is 5.92 Å². The Morgan fingerprint density at radius 2 is 2.21 bits per heavy atom. The Morgan fingerprint density at radius 1 is 1.57 bits per heavy atom. The van der Waals surface area contributed by atoms with Crippen LogP contribution in [-0.4, -0.2) is 36.0 Å². The van der Waals surface area contributed by atoms with Gasteiger partial charge in [-0.15, -0.1) is 0 Å². The summed E-state index contributed by atoms with van der Waals surface area (Å²) in [5.74, 6) is 0.753. The van der Waals surface area contributed by atoms with Crippen LogP contribution >= 0.6 is 0 Å². The summed E-state index contributed by atoms with van der Waals surface area (Å²) in [7, 11) is 0. The predicted octanol–water partition coefficient (Wildman–Crippen LogP) is 1.24. The maximum Gasteiger partial charge on any atom is 0.240 e. The molecule has 1 saturated heterocycles. The molecule has 14 heavy (non-hydrogen) atoms. The largest absolute Gasteiger partial charge is 0.339 e. The van der Waals surface area contributed by atoms with E-state index in [0.717, 1.165) is 19.5 Å². The maximum atomic E-state index is 12.1. The fourth-order valence-corrected chi connectivity index (χ4v) is 2.12. The minimum atomic E-state index is 0.0531. The van der Waals surface area contributed by atoms with Crippen LogP contribution < -0.4 is 5.32 Å². The first-order valence-corrected chi connectivity index (χ1v) is 5.61. The molecule has 82 valence electrons. The number of likely N-dealkylation sites (N-methyl/N-ethyl adjacent to an activating group) is 1. The van der Waals surface area contributed by atoms with E-state index in [4.69, 9.17) is 0 Å². The van der Waals surface area contributed by atoms with Gasteiger partial charge in [-0.05, 0) is 39.7 Å². The standard InChI is InChI=1S/C11H22N2O/c1-5-13(8(2)3)11(14)10-9(4)6-7-12-10/h8-10,12H,5-7H2,1-4H3. The lowest BCUT2D eigenvalue weighted by Gasteiger charge is -2.29. The van der Waals surface area contributed by atoms with E-state index in [1.165, 1.54) is 0 Å². The molecule has 1 aliphatic heterocycles. The van der Waals surface area contributed by atoms with Crippen LogP contribution in [0.5, 0.6) is 0 Å². The van der Waals surface area contributed by atoms with Crippen LogP contribution in [0.2, 0.25) is 0 Å². The number of hydrogen-bond donors (Lipinski definition) is 1. The number of nitrogens with one attached hydrogen (secondary N) is 1. The van der Waals surface area contributed by atoms with Gasteiger partial charge in [-0.2, -0.15) is 0 Å². The number of carbonyl (C=O) groups excluding carboxylic acids is 1. The van der Waals surface area contributed by atoms with Gasteiger partial charge in [-0.1, -0.05) is 6.92 Å². The summed E-state index contributed by atoms with van der Waals surface area (Å²) in [6.07, 6.45) is 1.12. The van der Waals surface area contributed by atoms with Crippen LogP contribution in [0.3, 0.4) is 0 Å². The highest BCUT2D eigenvalue weighted by atomic mass is 16.2. The van der Waals surface area contributed by atoms with E-state index in [1.807, 2.05) is 11.8 Å². The topological polar surface area (TPSA) is 32.3 Å². The summed E-state index contributed by atoms with van der Waals surface area (Å²) in [5.41, 5.74) is 0. The molecule has 0 aromatic rings. The van der Waals surface area contributed by atoms with Gasteiger partial charge in [-0.25, -0.2) is 0 Å². The highest BCUT2D eigenvalue weighted by Crippen LogP contribution is 2.17. The lowest BCUT2D eigenvalue weighted by molar-refractivity contribution is -0.135. The van der Waals surface area contributed by atoms with Gasteiger partial charge in [0.2, 0.25) is 5.91 Å². The van der Waals surface area contributed by atoms with E-state index in [1.54, 1.807) is 0 Å². The van der Waals surface area contributed by atoms with Gasteiger partial charge in [-0.3, -0.25) is 4.79 Å². The van der Waals surface area contributed by atoms with E-state index in [9.17, 15) is 4.79 Å². The van der Waals surface area contributed by atoms with Gasteiger partial charge >= 0.3 is 0 Å². The van der Waals surface area contributed by atoms with Gasteiger partial charge < -0.3 is 10.2 Å². The molecule has 1 N–H and O–H groups in total. The van der Waals surface area contributed by atoms with Crippen molar-refractivity contribution >= 4 is 5.91 Å². The Balaban J connectivity index is 2.62. The summed E-state index contributed by atoms with van der Waals surface area (Å²) in [6.45, 7) is 10.1. The average Bonchev–Trinajstić information content (AvgIpc) is 2.51. The summed E-state index contributed by atoms with van der Waals surface area (Å²) in [6, 6.07) is 0.361. The van der Waals surface area contributed by atoms with E-state index >= 15 is 0 Å². The second-order valence-corrected chi connectivity index (χ2v) is 4.42. The van der Waals surface area contributed by atoms with Crippen LogP contribution in [0.25, 0.3) is 0 Å². The molecule has 0 saturated carbocycles. The Labute approximate surface area is 86.9 Å². The molecule has 0 radical (unpaired) electrons. The van der Waals surface area contributed by atoms with Crippen LogP contribution in [-0.2, 0) is 4.79 Å². The fourth-order valence-electron chi connectivity index (χ4n) is 2.12. The Bertz CT molecular complexity index is 199. The highest BCUT2D eigenvalue weighted by molar-refractivity contribution is 5.82. The Morgan fingerprint density at radius 3 is 2.57 bits per heavy atom. The Kier molecular flexibility index (Phi) is 3.93. The zero-order valence-electron chi connectivity index (χ0n) is 9.71. The zero-order valence-corrected chi connectivity index (χ0v) is 9.71. The predicted molar refractivity (Wildman–Crippen MR) is 58.1 cm³/mol. The molecule has 2 unspecified atom stereocenters. The van der Waals surface area contributed by atoms with Crippen molar-refractivity contribution in [3.8, 4) is 0 Å². The maximum absolute atomic E-state index is 12.1. The molecule has 0 aromatic heterocycles. The second-order valence-electron chi connectivity index (χ2n) is 4.42. The minimum Gasteiger partial charge on any atom is -0.339 e. The molecule has 2 atom stereocenters. The van der Waals surface area contributed by atoms with Gasteiger partial charge in [0.15, 0.2) is 0 Å². The summed E-state index contributed by atoms with van der Waals surface area (Å²) >= 11 is 0. The number of amides is 1. The quantitative estimate of drug-likeness (QED) is 0.740. The third-order valence-electron chi connectivity index (χ3n) is 3.05. The first-order chi connectivity index (χ1) is 6.57. The molecule has 1 rings (SSSR count). The first-order valence-electron chi connectivity index (χ1n) is 5.61. The fraction of sp³-hybridized carbons (Fsp3) is 0.909. The second kappa shape index (κ2) is 4.78. The van der Waals surface area contributed by atoms with E-state index < -0.39 is 0 Å². The molecule has 0 bridgehead atoms. The van der Waals surface area contributed by atoms with E-state index in [2.05, 4.69) is 26.1 Å². The van der Waals surface area contributed by atoms with Crippen LogP contribution in [0.1, 0.15) is 34.1 Å². The SMILES string of the molecule is CCN(C(=O)C1NCCC1C)C(C)C. The number of nitrogens with zero attached hydrogens (tertiary/aromatic N) is 1. The molecule has 1 fully saturated rings. The number of hydrogen-bond acceptors (Lipinski definition) is 2. The molecule has 1 amide bonds. The van der Waals surface area contributed by atoms with E-state index in [-0.39, 0.29) is 11.9 Å². The van der Waals surface area contributed by atoms with Crippen molar-refractivity contribution in [2.75, 3.05) is 13.1 Å². The molecule has 0 spiro atoms. The molecule has 1 aliphatic rings. The molecule has 1 heterocycles. The van der Waals surface area contributed by atoms with Gasteiger partial charge in [0.25, 0.3) is 0 Å². The summed E-state index contributed by atoms with van der Waals surface area (Å²) in [5, 5.41) is 3.28.